The van der Waals surface area contributed by atoms with Gasteiger partial charge in [-0.3, -0.25) is 4.79 Å². The van der Waals surface area contributed by atoms with Crippen LogP contribution in [0.3, 0.4) is 0 Å². The van der Waals surface area contributed by atoms with Gasteiger partial charge >= 0.3 is 5.97 Å². The van der Waals surface area contributed by atoms with Crippen LogP contribution in [0.5, 0.6) is 0 Å². The van der Waals surface area contributed by atoms with Crippen LogP contribution in [0.4, 0.5) is 4.39 Å². The number of ether oxygens (including phenoxy) is 1. The van der Waals surface area contributed by atoms with E-state index in [9.17, 15) is 14.0 Å². The Morgan fingerprint density at radius 1 is 1.31 bits per heavy atom. The highest BCUT2D eigenvalue weighted by atomic mass is 19.1. The Morgan fingerprint density at radius 3 is 2.38 bits per heavy atom. The van der Waals surface area contributed by atoms with Gasteiger partial charge in [0.25, 0.3) is 0 Å². The molecule has 4 heteroatoms. The number of allylic oxidation sites excluding steroid dienone is 1. The second-order valence-electron chi connectivity index (χ2n) is 3.00. The van der Waals surface area contributed by atoms with E-state index in [1.54, 1.807) is 19.1 Å². The first-order valence-electron chi connectivity index (χ1n) is 4.73. The number of hydrogen-bond acceptors (Lipinski definition) is 3. The highest BCUT2D eigenvalue weighted by molar-refractivity contribution is 6.12. The molecule has 1 aromatic carbocycles. The summed E-state index contributed by atoms with van der Waals surface area (Å²) >= 11 is 0. The van der Waals surface area contributed by atoms with Crippen molar-refractivity contribution in [2.75, 3.05) is 6.61 Å². The van der Waals surface area contributed by atoms with Gasteiger partial charge in [-0.15, -0.1) is 0 Å². The smallest absolute Gasteiger partial charge is 0.338 e. The number of hydrogen-bond donors (Lipinski definition) is 0. The van der Waals surface area contributed by atoms with E-state index in [1.807, 2.05) is 0 Å². The van der Waals surface area contributed by atoms with E-state index in [0.29, 0.717) is 0 Å². The van der Waals surface area contributed by atoms with Crippen LogP contribution < -0.4 is 0 Å². The monoisotopic (exact) mass is 222 g/mol. The zero-order valence-corrected chi connectivity index (χ0v) is 8.83. The minimum Gasteiger partial charge on any atom is -0.462 e. The highest BCUT2D eigenvalue weighted by Gasteiger charge is 2.19. The average molecular weight is 222 g/mol. The molecule has 0 aliphatic carbocycles. The number of ketones is 1. The summed E-state index contributed by atoms with van der Waals surface area (Å²) < 4.78 is 17.5. The molecule has 3 nitrogen and oxygen atoms in total. The van der Waals surface area contributed by atoms with Crippen molar-refractivity contribution in [3.8, 4) is 0 Å². The number of rotatable bonds is 4. The second kappa shape index (κ2) is 5.21. The standard InChI is InChI=1S/C12H11FO3/c1-3-16-12(15)10-7-5-4-6-9(10)11(14)8(2)13/h4-7H,2-3H2,1H3. The van der Waals surface area contributed by atoms with Crippen molar-refractivity contribution in [3.63, 3.8) is 0 Å². The van der Waals surface area contributed by atoms with E-state index in [-0.39, 0.29) is 17.7 Å². The maximum absolute atomic E-state index is 12.7. The van der Waals surface area contributed by atoms with Gasteiger partial charge in [-0.1, -0.05) is 24.8 Å². The first kappa shape index (κ1) is 12.1. The molecule has 0 amide bonds. The molecule has 1 rings (SSSR count). The molecule has 0 bridgehead atoms. The van der Waals surface area contributed by atoms with Crippen LogP contribution in [0, 0.1) is 0 Å². The lowest BCUT2D eigenvalue weighted by Gasteiger charge is -2.06. The molecule has 0 unspecified atom stereocenters. The molecule has 0 spiro atoms. The van der Waals surface area contributed by atoms with Gasteiger partial charge in [-0.25, -0.2) is 9.18 Å². The quantitative estimate of drug-likeness (QED) is 0.446. The first-order chi connectivity index (χ1) is 7.57. The van der Waals surface area contributed by atoms with Gasteiger partial charge in [-0.05, 0) is 13.0 Å². The third-order valence-corrected chi connectivity index (χ3v) is 1.91. The van der Waals surface area contributed by atoms with Crippen LogP contribution in [0.2, 0.25) is 0 Å². The normalized spacial score (nSPS) is 9.62. The molecule has 16 heavy (non-hydrogen) atoms. The molecule has 0 N–H and O–H groups in total. The maximum Gasteiger partial charge on any atom is 0.338 e. The fraction of sp³-hybridized carbons (Fsp3) is 0.167. The van der Waals surface area contributed by atoms with E-state index >= 15 is 0 Å². The third kappa shape index (κ3) is 2.53. The summed E-state index contributed by atoms with van der Waals surface area (Å²) in [6, 6.07) is 5.89. The van der Waals surface area contributed by atoms with Crippen LogP contribution in [-0.4, -0.2) is 18.4 Å². The van der Waals surface area contributed by atoms with E-state index < -0.39 is 17.6 Å². The number of carbonyl (C=O) groups excluding carboxylic acids is 2. The van der Waals surface area contributed by atoms with Crippen LogP contribution in [0.25, 0.3) is 0 Å². The number of halogens is 1. The third-order valence-electron chi connectivity index (χ3n) is 1.91. The SMILES string of the molecule is C=C(F)C(=O)c1ccccc1C(=O)OCC. The summed E-state index contributed by atoms with van der Waals surface area (Å²) in [5, 5.41) is 0. The van der Waals surface area contributed by atoms with Crippen molar-refractivity contribution in [2.45, 2.75) is 6.92 Å². The molecule has 0 aromatic heterocycles. The van der Waals surface area contributed by atoms with Crippen LogP contribution in [0.1, 0.15) is 27.6 Å². The van der Waals surface area contributed by atoms with Gasteiger partial charge in [-0.2, -0.15) is 0 Å². The maximum atomic E-state index is 12.7. The van der Waals surface area contributed by atoms with Gasteiger partial charge in [0.2, 0.25) is 5.78 Å². The molecular weight excluding hydrogens is 211 g/mol. The molecule has 0 saturated heterocycles. The molecule has 1 aromatic rings. The van der Waals surface area contributed by atoms with Crippen molar-refractivity contribution < 1.29 is 18.7 Å². The summed E-state index contributed by atoms with van der Waals surface area (Å²) in [4.78, 5) is 22.9. The van der Waals surface area contributed by atoms with Crippen LogP contribution in [-0.2, 0) is 4.74 Å². The van der Waals surface area contributed by atoms with Crippen LogP contribution >= 0.6 is 0 Å². The van der Waals surface area contributed by atoms with Crippen molar-refractivity contribution in [3.05, 3.63) is 47.8 Å². The fourth-order valence-electron chi connectivity index (χ4n) is 1.21. The van der Waals surface area contributed by atoms with Crippen molar-refractivity contribution in [1.82, 2.24) is 0 Å². The minimum absolute atomic E-state index is 0.0338. The Kier molecular flexibility index (Phi) is 3.94. The van der Waals surface area contributed by atoms with E-state index in [1.165, 1.54) is 12.1 Å². The molecule has 0 atom stereocenters. The lowest BCUT2D eigenvalue weighted by atomic mass is 10.0. The topological polar surface area (TPSA) is 43.4 Å². The summed E-state index contributed by atoms with van der Waals surface area (Å²) in [5.41, 5.74) is 0.0154. The Balaban J connectivity index is 3.15. The van der Waals surface area contributed by atoms with Gasteiger partial charge in [0, 0.05) is 5.56 Å². The van der Waals surface area contributed by atoms with E-state index in [4.69, 9.17) is 4.74 Å². The van der Waals surface area contributed by atoms with Crippen molar-refractivity contribution in [2.24, 2.45) is 0 Å². The lowest BCUT2D eigenvalue weighted by Crippen LogP contribution is -2.11. The molecule has 0 heterocycles. The summed E-state index contributed by atoms with van der Waals surface area (Å²) in [5.74, 6) is -2.65. The molecule has 0 aliphatic rings. The summed E-state index contributed by atoms with van der Waals surface area (Å²) in [6.07, 6.45) is 0. The molecule has 84 valence electrons. The largest absolute Gasteiger partial charge is 0.462 e. The predicted octanol–water partition coefficient (Wildman–Crippen LogP) is 2.53. The van der Waals surface area contributed by atoms with E-state index in [0.717, 1.165) is 0 Å². The number of esters is 1. The fourth-order valence-corrected chi connectivity index (χ4v) is 1.21. The van der Waals surface area contributed by atoms with Gasteiger partial charge in [0.1, 0.15) is 0 Å². The Labute approximate surface area is 92.5 Å². The number of benzene rings is 1. The molecular formula is C12H11FO3. The Hall–Kier alpha value is -1.97. The molecule has 0 fully saturated rings. The van der Waals surface area contributed by atoms with E-state index in [2.05, 4.69) is 6.58 Å². The molecule has 0 radical (unpaired) electrons. The Morgan fingerprint density at radius 2 is 1.88 bits per heavy atom. The average Bonchev–Trinajstić information content (AvgIpc) is 2.28. The molecule has 0 saturated carbocycles. The van der Waals surface area contributed by atoms with Gasteiger partial charge in [0.05, 0.1) is 12.2 Å². The van der Waals surface area contributed by atoms with Gasteiger partial charge < -0.3 is 4.74 Å². The molecule has 0 aliphatic heterocycles. The number of Topliss-reactive ketones (excluding diaryl/α,β-unsaturated/α-hetero) is 1. The second-order valence-corrected chi connectivity index (χ2v) is 3.00. The zero-order chi connectivity index (χ0) is 12.1. The predicted molar refractivity (Wildman–Crippen MR) is 57.0 cm³/mol. The van der Waals surface area contributed by atoms with Crippen molar-refractivity contribution >= 4 is 11.8 Å². The lowest BCUT2D eigenvalue weighted by molar-refractivity contribution is 0.0523. The summed E-state index contributed by atoms with van der Waals surface area (Å²) in [6.45, 7) is 4.75. The summed E-state index contributed by atoms with van der Waals surface area (Å²) in [7, 11) is 0. The van der Waals surface area contributed by atoms with Crippen molar-refractivity contribution in [1.29, 1.82) is 0 Å². The Bertz CT molecular complexity index is 438. The zero-order valence-electron chi connectivity index (χ0n) is 8.83. The van der Waals surface area contributed by atoms with Crippen LogP contribution in [0.15, 0.2) is 36.7 Å². The minimum atomic E-state index is -1.10. The first-order valence-corrected chi connectivity index (χ1v) is 4.73. The highest BCUT2D eigenvalue weighted by Crippen LogP contribution is 2.15. The number of carbonyl (C=O) groups is 2. The van der Waals surface area contributed by atoms with Gasteiger partial charge in [0.15, 0.2) is 5.83 Å².